The fourth-order valence-corrected chi connectivity index (χ4v) is 1.44. The minimum absolute atomic E-state index is 0.569. The lowest BCUT2D eigenvalue weighted by Crippen LogP contribution is -2.38. The lowest BCUT2D eigenvalue weighted by atomic mass is 10.2. The van der Waals surface area contributed by atoms with Crippen LogP contribution in [0.15, 0.2) is 0 Å². The number of hydrogen-bond acceptors (Lipinski definition) is 2. The molecular weight excluding hydrogens is 168 g/mol. The molecule has 0 amide bonds. The third-order valence-corrected chi connectivity index (χ3v) is 2.15. The molecule has 2 nitrogen and oxygen atoms in total. The van der Waals surface area contributed by atoms with Crippen LogP contribution in [0.4, 0.5) is 0 Å². The fraction of sp³-hybridized carbons (Fsp3) is 0.889. The van der Waals surface area contributed by atoms with Crippen LogP contribution in [0, 0.1) is 0 Å². The minimum Gasteiger partial charge on any atom is -0.393 e. The molecule has 0 heterocycles. The number of thiocarbonyl (C=S) groups is 1. The Hall–Kier alpha value is -0.150. The Morgan fingerprint density at radius 2 is 1.67 bits per heavy atom. The molecule has 0 aliphatic heterocycles. The van der Waals surface area contributed by atoms with Gasteiger partial charge >= 0.3 is 0 Å². The van der Waals surface area contributed by atoms with Crippen molar-refractivity contribution < 1.29 is 0 Å². The molecule has 0 spiro atoms. The van der Waals surface area contributed by atoms with E-state index in [0.29, 0.717) is 17.1 Å². The summed E-state index contributed by atoms with van der Waals surface area (Å²) in [6.45, 7) is 9.75. The third kappa shape index (κ3) is 4.67. The minimum atomic E-state index is 0.569. The molecule has 72 valence electrons. The zero-order valence-electron chi connectivity index (χ0n) is 8.50. The summed E-state index contributed by atoms with van der Waals surface area (Å²) in [5.74, 6) is 0. The zero-order valence-corrected chi connectivity index (χ0v) is 9.32. The van der Waals surface area contributed by atoms with Crippen LogP contribution in [0.25, 0.3) is 0 Å². The van der Waals surface area contributed by atoms with Gasteiger partial charge in [-0.1, -0.05) is 12.2 Å². The topological polar surface area (TPSA) is 29.3 Å². The molecule has 0 aliphatic carbocycles. The highest BCUT2D eigenvalue weighted by Gasteiger charge is 2.12. The largest absolute Gasteiger partial charge is 0.393 e. The molecule has 0 aromatic rings. The van der Waals surface area contributed by atoms with Crippen LogP contribution >= 0.6 is 12.2 Å². The number of nitrogens with two attached hydrogens (primary N) is 1. The predicted octanol–water partition coefficient (Wildman–Crippen LogP) is 1.78. The smallest absolute Gasteiger partial charge is 0.0740 e. The van der Waals surface area contributed by atoms with Crippen LogP contribution in [0.2, 0.25) is 0 Å². The standard InChI is InChI=1S/C9H20N2S/c1-7(2)11(8(3)4)6-5-9(10)12/h7-8H,5-6H2,1-4H3,(H2,10,12). The van der Waals surface area contributed by atoms with E-state index < -0.39 is 0 Å². The lowest BCUT2D eigenvalue weighted by molar-refractivity contribution is 0.180. The summed E-state index contributed by atoms with van der Waals surface area (Å²) in [6, 6.07) is 1.14. The van der Waals surface area contributed by atoms with Crippen molar-refractivity contribution >= 4 is 17.2 Å². The molecule has 0 saturated carbocycles. The third-order valence-electron chi connectivity index (χ3n) is 1.94. The molecule has 0 saturated heterocycles. The van der Waals surface area contributed by atoms with E-state index in [2.05, 4.69) is 32.6 Å². The molecule has 0 unspecified atom stereocenters. The van der Waals surface area contributed by atoms with Gasteiger partial charge in [0.2, 0.25) is 0 Å². The van der Waals surface area contributed by atoms with Gasteiger partial charge in [-0.05, 0) is 27.7 Å². The van der Waals surface area contributed by atoms with E-state index in [1.54, 1.807) is 0 Å². The molecule has 2 N–H and O–H groups in total. The van der Waals surface area contributed by atoms with Crippen molar-refractivity contribution in [3.63, 3.8) is 0 Å². The summed E-state index contributed by atoms with van der Waals surface area (Å²) in [7, 11) is 0. The van der Waals surface area contributed by atoms with Crippen molar-refractivity contribution in [1.82, 2.24) is 4.90 Å². The molecule has 0 radical (unpaired) electrons. The average Bonchev–Trinajstić information content (AvgIpc) is 1.84. The molecule has 0 aliphatic rings. The van der Waals surface area contributed by atoms with Gasteiger partial charge in [0, 0.05) is 25.0 Å². The van der Waals surface area contributed by atoms with Crippen molar-refractivity contribution in [1.29, 1.82) is 0 Å². The Labute approximate surface area is 81.1 Å². The van der Waals surface area contributed by atoms with Gasteiger partial charge in [-0.3, -0.25) is 4.90 Å². The van der Waals surface area contributed by atoms with Crippen molar-refractivity contribution in [3.8, 4) is 0 Å². The fourth-order valence-electron chi connectivity index (χ4n) is 1.35. The van der Waals surface area contributed by atoms with Crippen molar-refractivity contribution in [2.24, 2.45) is 5.73 Å². The number of hydrogen-bond donors (Lipinski definition) is 1. The Balaban J connectivity index is 3.88. The van der Waals surface area contributed by atoms with Crippen LogP contribution in [0.3, 0.4) is 0 Å². The van der Waals surface area contributed by atoms with Gasteiger partial charge in [0.15, 0.2) is 0 Å². The molecule has 12 heavy (non-hydrogen) atoms. The van der Waals surface area contributed by atoms with Crippen LogP contribution in [0.5, 0.6) is 0 Å². The van der Waals surface area contributed by atoms with Crippen LogP contribution in [-0.4, -0.2) is 28.5 Å². The van der Waals surface area contributed by atoms with Gasteiger partial charge in [-0.15, -0.1) is 0 Å². The van der Waals surface area contributed by atoms with E-state index in [9.17, 15) is 0 Å². The molecule has 3 heteroatoms. The second-order valence-corrected chi connectivity index (χ2v) is 4.17. The average molecular weight is 188 g/mol. The molecule has 0 aromatic heterocycles. The zero-order chi connectivity index (χ0) is 9.72. The highest BCUT2D eigenvalue weighted by Crippen LogP contribution is 2.05. The molecule has 0 fully saturated rings. The van der Waals surface area contributed by atoms with Crippen molar-refractivity contribution in [2.45, 2.75) is 46.2 Å². The van der Waals surface area contributed by atoms with Gasteiger partial charge in [0.25, 0.3) is 0 Å². The quantitative estimate of drug-likeness (QED) is 0.667. The van der Waals surface area contributed by atoms with E-state index in [-0.39, 0.29) is 0 Å². The van der Waals surface area contributed by atoms with Gasteiger partial charge in [0.1, 0.15) is 0 Å². The second-order valence-electron chi connectivity index (χ2n) is 3.64. The molecule has 0 aromatic carbocycles. The first-order chi connectivity index (χ1) is 5.45. The maximum atomic E-state index is 5.45. The van der Waals surface area contributed by atoms with Crippen molar-refractivity contribution in [3.05, 3.63) is 0 Å². The SMILES string of the molecule is CC(C)N(CCC(N)=S)C(C)C. The summed E-state index contributed by atoms with van der Waals surface area (Å²) in [4.78, 5) is 3.00. The van der Waals surface area contributed by atoms with E-state index in [1.807, 2.05) is 0 Å². The first kappa shape index (κ1) is 11.8. The summed E-state index contributed by atoms with van der Waals surface area (Å²) < 4.78 is 0. The van der Waals surface area contributed by atoms with Crippen LogP contribution in [-0.2, 0) is 0 Å². The number of rotatable bonds is 5. The highest BCUT2D eigenvalue weighted by molar-refractivity contribution is 7.80. The summed E-state index contributed by atoms with van der Waals surface area (Å²) in [6.07, 6.45) is 0.825. The maximum absolute atomic E-state index is 5.45. The van der Waals surface area contributed by atoms with E-state index in [1.165, 1.54) is 0 Å². The molecular formula is C9H20N2S. The Bertz CT molecular complexity index is 135. The summed E-state index contributed by atoms with van der Waals surface area (Å²) in [5.41, 5.74) is 5.45. The first-order valence-electron chi connectivity index (χ1n) is 4.49. The van der Waals surface area contributed by atoms with Crippen molar-refractivity contribution in [2.75, 3.05) is 6.54 Å². The first-order valence-corrected chi connectivity index (χ1v) is 4.90. The van der Waals surface area contributed by atoms with Gasteiger partial charge in [0.05, 0.1) is 4.99 Å². The van der Waals surface area contributed by atoms with Gasteiger partial charge in [-0.25, -0.2) is 0 Å². The monoisotopic (exact) mass is 188 g/mol. The number of nitrogens with zero attached hydrogens (tertiary/aromatic N) is 1. The van der Waals surface area contributed by atoms with E-state index >= 15 is 0 Å². The second kappa shape index (κ2) is 5.49. The summed E-state index contributed by atoms with van der Waals surface area (Å²) in [5, 5.41) is 0. The normalized spacial score (nSPS) is 11.6. The Kier molecular flexibility index (Phi) is 5.42. The van der Waals surface area contributed by atoms with Crippen LogP contribution in [0.1, 0.15) is 34.1 Å². The maximum Gasteiger partial charge on any atom is 0.0740 e. The molecule has 0 bridgehead atoms. The van der Waals surface area contributed by atoms with Gasteiger partial charge in [-0.2, -0.15) is 0 Å². The highest BCUT2D eigenvalue weighted by atomic mass is 32.1. The Morgan fingerprint density at radius 3 is 1.92 bits per heavy atom. The van der Waals surface area contributed by atoms with Crippen LogP contribution < -0.4 is 5.73 Å². The predicted molar refractivity (Wildman–Crippen MR) is 58.4 cm³/mol. The summed E-state index contributed by atoms with van der Waals surface area (Å²) >= 11 is 4.84. The van der Waals surface area contributed by atoms with Gasteiger partial charge < -0.3 is 5.73 Å². The van der Waals surface area contributed by atoms with E-state index in [0.717, 1.165) is 13.0 Å². The molecule has 0 rings (SSSR count). The lowest BCUT2D eigenvalue weighted by Gasteiger charge is -2.30. The molecule has 0 atom stereocenters. The van der Waals surface area contributed by atoms with E-state index in [4.69, 9.17) is 18.0 Å². The Morgan fingerprint density at radius 1 is 1.25 bits per heavy atom.